The van der Waals surface area contributed by atoms with Crippen LogP contribution in [0.5, 0.6) is 0 Å². The van der Waals surface area contributed by atoms with Crippen LogP contribution < -0.4 is 5.32 Å². The molecule has 0 bridgehead atoms. The highest BCUT2D eigenvalue weighted by Crippen LogP contribution is 2.40. The maximum absolute atomic E-state index is 13.5. The lowest BCUT2D eigenvalue weighted by Crippen LogP contribution is -2.65. The van der Waals surface area contributed by atoms with Crippen molar-refractivity contribution in [2.75, 3.05) is 20.1 Å². The summed E-state index contributed by atoms with van der Waals surface area (Å²) in [5, 5.41) is 3.72. The van der Waals surface area contributed by atoms with E-state index >= 15 is 0 Å². The van der Waals surface area contributed by atoms with Crippen molar-refractivity contribution < 1.29 is 19.2 Å². The molecule has 2 unspecified atom stereocenters. The second-order valence-electron chi connectivity index (χ2n) is 11.1. The summed E-state index contributed by atoms with van der Waals surface area (Å²) in [6, 6.07) is -0.686. The molecule has 0 aromatic heterocycles. The first-order chi connectivity index (χ1) is 16.3. The molecule has 188 valence electrons. The molecule has 4 rings (SSSR count). The summed E-state index contributed by atoms with van der Waals surface area (Å²) in [5.74, 6) is -1.32. The summed E-state index contributed by atoms with van der Waals surface area (Å²) in [4.78, 5) is 54.8. The van der Waals surface area contributed by atoms with Gasteiger partial charge in [-0.05, 0) is 63.9 Å². The maximum Gasteiger partial charge on any atom is 0.333 e. The summed E-state index contributed by atoms with van der Waals surface area (Å²) in [6.45, 7) is 1.97. The Hall–Kier alpha value is -2.02. The molecule has 1 N–H and O–H groups in total. The molecule has 2 heterocycles. The third kappa shape index (κ3) is 4.73. The van der Waals surface area contributed by atoms with Gasteiger partial charge in [0.05, 0.1) is 6.54 Å². The first-order valence-corrected chi connectivity index (χ1v) is 13.4. The second-order valence-corrected chi connectivity index (χ2v) is 11.1. The fourth-order valence-corrected chi connectivity index (χ4v) is 6.48. The van der Waals surface area contributed by atoms with E-state index < -0.39 is 23.3 Å². The molecule has 0 radical (unpaired) electrons. The van der Waals surface area contributed by atoms with Gasteiger partial charge in [-0.3, -0.25) is 24.2 Å². The smallest absolute Gasteiger partial charge is 0.311 e. The lowest BCUT2D eigenvalue weighted by atomic mass is 9.73. The van der Waals surface area contributed by atoms with Crippen molar-refractivity contribution in [2.45, 2.75) is 102 Å². The zero-order chi connectivity index (χ0) is 24.3. The summed E-state index contributed by atoms with van der Waals surface area (Å²) in [5.41, 5.74) is -0.474. The Balaban J connectivity index is 1.44. The normalized spacial score (nSPS) is 31.1. The van der Waals surface area contributed by atoms with Gasteiger partial charge in [-0.1, -0.05) is 44.6 Å². The number of barbiturate groups is 1. The minimum atomic E-state index is -1.39. The average Bonchev–Trinajstić information content (AvgIpc) is 2.97. The van der Waals surface area contributed by atoms with Gasteiger partial charge in [0.15, 0.2) is 5.78 Å². The molecule has 7 nitrogen and oxygen atoms in total. The van der Waals surface area contributed by atoms with Crippen molar-refractivity contribution in [1.29, 1.82) is 0 Å². The second kappa shape index (κ2) is 10.3. The van der Waals surface area contributed by atoms with Gasteiger partial charge < -0.3 is 5.32 Å². The molecule has 34 heavy (non-hydrogen) atoms. The van der Waals surface area contributed by atoms with E-state index in [-0.39, 0.29) is 23.8 Å². The van der Waals surface area contributed by atoms with Crippen molar-refractivity contribution in [2.24, 2.45) is 11.3 Å². The van der Waals surface area contributed by atoms with Gasteiger partial charge in [0.1, 0.15) is 5.41 Å². The number of piperidine rings is 1. The largest absolute Gasteiger partial charge is 0.333 e. The van der Waals surface area contributed by atoms with Crippen molar-refractivity contribution in [3.05, 3.63) is 11.6 Å². The number of rotatable bonds is 4. The van der Waals surface area contributed by atoms with Crippen molar-refractivity contribution >= 4 is 23.6 Å². The van der Waals surface area contributed by atoms with Gasteiger partial charge in [0, 0.05) is 25.0 Å². The maximum atomic E-state index is 13.5. The number of carbonyl (C=O) groups excluding carboxylic acids is 4. The highest BCUT2D eigenvalue weighted by Gasteiger charge is 2.55. The van der Waals surface area contributed by atoms with E-state index in [0.29, 0.717) is 13.0 Å². The minimum absolute atomic E-state index is 0.0881. The fourth-order valence-electron chi connectivity index (χ4n) is 6.48. The molecule has 1 spiro atoms. The van der Waals surface area contributed by atoms with Crippen LogP contribution in [0.2, 0.25) is 0 Å². The number of amides is 4. The standard InChI is InChI=1S/C27H41N3O4/c1-26(21-12-8-7-9-13-21)23(32)29(2)25(34)30(24(26)33)19-22(31)20-14-17-27(28-18-20)15-10-5-3-4-6-11-16-27/h12,20,28H,3-11,13-19H2,1-2H3. The highest BCUT2D eigenvalue weighted by atomic mass is 16.2. The summed E-state index contributed by atoms with van der Waals surface area (Å²) in [7, 11) is 1.42. The highest BCUT2D eigenvalue weighted by molar-refractivity contribution is 6.21. The predicted molar refractivity (Wildman–Crippen MR) is 130 cm³/mol. The molecule has 2 aliphatic carbocycles. The minimum Gasteiger partial charge on any atom is -0.311 e. The molecular formula is C27H41N3O4. The molecule has 0 aromatic rings. The molecular weight excluding hydrogens is 430 g/mol. The number of urea groups is 1. The first-order valence-electron chi connectivity index (χ1n) is 13.4. The molecule has 1 saturated carbocycles. The zero-order valence-corrected chi connectivity index (χ0v) is 21.0. The van der Waals surface area contributed by atoms with Crippen LogP contribution in [0.4, 0.5) is 4.79 Å². The van der Waals surface area contributed by atoms with Crippen LogP contribution in [0.1, 0.15) is 96.8 Å². The Kier molecular flexibility index (Phi) is 7.60. The van der Waals surface area contributed by atoms with Gasteiger partial charge >= 0.3 is 6.03 Å². The number of hydrogen-bond donors (Lipinski definition) is 1. The van der Waals surface area contributed by atoms with E-state index in [4.69, 9.17) is 0 Å². The Bertz CT molecular complexity index is 846. The SMILES string of the molecule is CN1C(=O)N(CC(=O)C2CCC3(CCCCCCCC3)NC2)C(=O)C(C)(C2=CCCCC2)C1=O. The Labute approximate surface area is 203 Å². The van der Waals surface area contributed by atoms with Crippen LogP contribution in [0, 0.1) is 11.3 Å². The van der Waals surface area contributed by atoms with Gasteiger partial charge in [-0.2, -0.15) is 0 Å². The number of Topliss-reactive ketones (excluding diaryl/α,β-unsaturated/α-hetero) is 1. The monoisotopic (exact) mass is 471 g/mol. The van der Waals surface area contributed by atoms with Crippen LogP contribution in [0.15, 0.2) is 11.6 Å². The lowest BCUT2D eigenvalue weighted by molar-refractivity contribution is -0.155. The summed E-state index contributed by atoms with van der Waals surface area (Å²) < 4.78 is 0. The Morgan fingerprint density at radius 3 is 2.24 bits per heavy atom. The van der Waals surface area contributed by atoms with Gasteiger partial charge in [-0.15, -0.1) is 0 Å². The van der Waals surface area contributed by atoms with E-state index in [0.717, 1.165) is 60.3 Å². The number of nitrogens with one attached hydrogen (secondary N) is 1. The van der Waals surface area contributed by atoms with Crippen LogP contribution in [0.25, 0.3) is 0 Å². The summed E-state index contributed by atoms with van der Waals surface area (Å²) >= 11 is 0. The first kappa shape index (κ1) is 25.1. The van der Waals surface area contributed by atoms with Crippen LogP contribution in [0.3, 0.4) is 0 Å². The van der Waals surface area contributed by atoms with E-state index in [2.05, 4.69) is 5.32 Å². The number of ketones is 1. The van der Waals surface area contributed by atoms with Crippen molar-refractivity contribution in [3.63, 3.8) is 0 Å². The van der Waals surface area contributed by atoms with Crippen molar-refractivity contribution in [1.82, 2.24) is 15.1 Å². The number of nitrogens with zero attached hydrogens (tertiary/aromatic N) is 2. The van der Waals surface area contributed by atoms with Crippen molar-refractivity contribution in [3.8, 4) is 0 Å². The zero-order valence-electron chi connectivity index (χ0n) is 21.0. The van der Waals surface area contributed by atoms with E-state index in [1.807, 2.05) is 6.08 Å². The molecule has 0 aromatic carbocycles. The van der Waals surface area contributed by atoms with Crippen LogP contribution >= 0.6 is 0 Å². The average molecular weight is 472 g/mol. The van der Waals surface area contributed by atoms with E-state index in [1.54, 1.807) is 6.92 Å². The number of carbonyl (C=O) groups is 4. The van der Waals surface area contributed by atoms with E-state index in [1.165, 1.54) is 45.6 Å². The lowest BCUT2D eigenvalue weighted by Gasteiger charge is -2.44. The molecule has 2 aliphatic heterocycles. The third-order valence-electron chi connectivity index (χ3n) is 8.88. The number of hydrogen-bond acceptors (Lipinski definition) is 5. The van der Waals surface area contributed by atoms with Gasteiger partial charge in [0.2, 0.25) is 5.91 Å². The van der Waals surface area contributed by atoms with Crippen LogP contribution in [-0.2, 0) is 14.4 Å². The quantitative estimate of drug-likeness (QED) is 0.486. The molecule has 3 fully saturated rings. The number of imide groups is 2. The van der Waals surface area contributed by atoms with E-state index in [9.17, 15) is 19.2 Å². The Morgan fingerprint density at radius 2 is 1.65 bits per heavy atom. The summed E-state index contributed by atoms with van der Waals surface area (Å²) in [6.07, 6.45) is 17.2. The third-order valence-corrected chi connectivity index (χ3v) is 8.88. The topological polar surface area (TPSA) is 86.8 Å². The molecule has 7 heteroatoms. The fraction of sp³-hybridized carbons (Fsp3) is 0.778. The molecule has 4 aliphatic rings. The Morgan fingerprint density at radius 1 is 0.971 bits per heavy atom. The van der Waals surface area contributed by atoms with Gasteiger partial charge in [0.25, 0.3) is 5.91 Å². The predicted octanol–water partition coefficient (Wildman–Crippen LogP) is 4.36. The molecule has 2 saturated heterocycles. The number of allylic oxidation sites excluding steroid dienone is 1. The molecule has 4 amide bonds. The van der Waals surface area contributed by atoms with Crippen LogP contribution in [-0.4, -0.2) is 59.1 Å². The van der Waals surface area contributed by atoms with Gasteiger partial charge in [-0.25, -0.2) is 4.79 Å². The molecule has 2 atom stereocenters.